The van der Waals surface area contributed by atoms with E-state index in [2.05, 4.69) is 5.32 Å². The Kier molecular flexibility index (Phi) is 4.83. The lowest BCUT2D eigenvalue weighted by Gasteiger charge is -2.41. The maximum Gasteiger partial charge on any atom is 0.305 e. The van der Waals surface area contributed by atoms with Gasteiger partial charge < -0.3 is 15.2 Å². The number of aliphatic carboxylic acids is 1. The van der Waals surface area contributed by atoms with Crippen LogP contribution in [0.3, 0.4) is 0 Å². The molecule has 2 N–H and O–H groups in total. The number of carbonyl (C=O) groups excluding carboxylic acids is 1. The van der Waals surface area contributed by atoms with Crippen LogP contribution in [0.4, 0.5) is 0 Å². The van der Waals surface area contributed by atoms with E-state index in [1.165, 1.54) is 0 Å². The molecule has 0 unspecified atom stereocenters. The Labute approximate surface area is 124 Å². The Morgan fingerprint density at radius 1 is 1.33 bits per heavy atom. The molecule has 0 aliphatic heterocycles. The lowest BCUT2D eigenvalue weighted by atomic mass is 9.74. The van der Waals surface area contributed by atoms with Crippen molar-refractivity contribution in [2.24, 2.45) is 0 Å². The standard InChI is InChI=1S/C16H21NO4/c1-12-5-2-3-6-13(12)21-10-7-14(18)17-16(8-4-9-16)11-15(19)20/h2-3,5-6H,4,7-11H2,1H3,(H,17,18)(H,19,20). The summed E-state index contributed by atoms with van der Waals surface area (Å²) in [5.74, 6) is -0.245. The smallest absolute Gasteiger partial charge is 0.305 e. The first-order valence-corrected chi connectivity index (χ1v) is 7.22. The van der Waals surface area contributed by atoms with Crippen molar-refractivity contribution < 1.29 is 19.4 Å². The summed E-state index contributed by atoms with van der Waals surface area (Å²) in [5, 5.41) is 11.8. The summed E-state index contributed by atoms with van der Waals surface area (Å²) < 4.78 is 5.58. The van der Waals surface area contributed by atoms with Gasteiger partial charge in [-0.25, -0.2) is 0 Å². The summed E-state index contributed by atoms with van der Waals surface area (Å²) in [5.41, 5.74) is 0.491. The number of benzene rings is 1. The molecule has 0 radical (unpaired) electrons. The molecule has 0 heterocycles. The van der Waals surface area contributed by atoms with Crippen LogP contribution >= 0.6 is 0 Å². The molecule has 1 aliphatic carbocycles. The monoisotopic (exact) mass is 291 g/mol. The zero-order chi connectivity index (χ0) is 15.3. The van der Waals surface area contributed by atoms with Gasteiger partial charge in [0.1, 0.15) is 5.75 Å². The first-order valence-electron chi connectivity index (χ1n) is 7.22. The van der Waals surface area contributed by atoms with Gasteiger partial charge in [0.05, 0.1) is 25.0 Å². The van der Waals surface area contributed by atoms with Crippen LogP contribution in [0, 0.1) is 6.92 Å². The quantitative estimate of drug-likeness (QED) is 0.808. The van der Waals surface area contributed by atoms with Gasteiger partial charge in [-0.2, -0.15) is 0 Å². The zero-order valence-corrected chi connectivity index (χ0v) is 12.2. The van der Waals surface area contributed by atoms with E-state index in [1.54, 1.807) is 0 Å². The van der Waals surface area contributed by atoms with Crippen molar-refractivity contribution in [2.75, 3.05) is 6.61 Å². The average Bonchev–Trinajstić information content (AvgIpc) is 2.38. The number of nitrogens with one attached hydrogen (secondary N) is 1. The van der Waals surface area contributed by atoms with Gasteiger partial charge in [-0.05, 0) is 37.8 Å². The third-order valence-corrected chi connectivity index (χ3v) is 3.89. The Balaban J connectivity index is 1.77. The molecule has 1 aromatic carbocycles. The van der Waals surface area contributed by atoms with Crippen LogP contribution in [0.5, 0.6) is 5.75 Å². The fourth-order valence-corrected chi connectivity index (χ4v) is 2.57. The molecular weight excluding hydrogens is 270 g/mol. The van der Waals surface area contributed by atoms with E-state index >= 15 is 0 Å². The van der Waals surface area contributed by atoms with Gasteiger partial charge in [-0.15, -0.1) is 0 Å². The van der Waals surface area contributed by atoms with Crippen LogP contribution in [-0.2, 0) is 9.59 Å². The van der Waals surface area contributed by atoms with Gasteiger partial charge in [0.15, 0.2) is 0 Å². The van der Waals surface area contributed by atoms with Crippen LogP contribution in [-0.4, -0.2) is 29.1 Å². The Bertz CT molecular complexity index is 523. The summed E-state index contributed by atoms with van der Waals surface area (Å²) in [6.07, 6.45) is 2.67. The van der Waals surface area contributed by atoms with E-state index in [0.29, 0.717) is 6.61 Å². The summed E-state index contributed by atoms with van der Waals surface area (Å²) in [6, 6.07) is 7.64. The Hall–Kier alpha value is -2.04. The molecule has 0 spiro atoms. The molecule has 2 rings (SSSR count). The highest BCUT2D eigenvalue weighted by molar-refractivity contribution is 5.78. The largest absolute Gasteiger partial charge is 0.493 e. The molecule has 21 heavy (non-hydrogen) atoms. The highest BCUT2D eigenvalue weighted by Crippen LogP contribution is 2.34. The number of carbonyl (C=O) groups is 2. The molecular formula is C16H21NO4. The van der Waals surface area contributed by atoms with Crippen molar-refractivity contribution in [1.82, 2.24) is 5.32 Å². The van der Waals surface area contributed by atoms with Crippen LogP contribution in [0.1, 0.15) is 37.7 Å². The molecule has 1 aliphatic rings. The second kappa shape index (κ2) is 6.61. The number of hydrogen-bond donors (Lipinski definition) is 2. The first-order chi connectivity index (χ1) is 10.0. The van der Waals surface area contributed by atoms with Crippen molar-refractivity contribution in [3.8, 4) is 5.75 Å². The third kappa shape index (κ3) is 4.21. The SMILES string of the molecule is Cc1ccccc1OCCC(=O)NC1(CC(=O)O)CCC1. The number of para-hydroxylation sites is 1. The van der Waals surface area contributed by atoms with Crippen molar-refractivity contribution in [2.45, 2.75) is 44.6 Å². The highest BCUT2D eigenvalue weighted by atomic mass is 16.5. The maximum absolute atomic E-state index is 11.9. The summed E-state index contributed by atoms with van der Waals surface area (Å²) in [7, 11) is 0. The second-order valence-electron chi connectivity index (χ2n) is 5.62. The lowest BCUT2D eigenvalue weighted by Crippen LogP contribution is -2.54. The topological polar surface area (TPSA) is 75.6 Å². The molecule has 0 atom stereocenters. The fourth-order valence-electron chi connectivity index (χ4n) is 2.57. The minimum atomic E-state index is -0.869. The molecule has 1 saturated carbocycles. The molecule has 0 saturated heterocycles. The normalized spacial score (nSPS) is 15.9. The molecule has 5 heteroatoms. The van der Waals surface area contributed by atoms with E-state index in [4.69, 9.17) is 9.84 Å². The maximum atomic E-state index is 11.9. The van der Waals surface area contributed by atoms with Crippen molar-refractivity contribution in [1.29, 1.82) is 0 Å². The molecule has 0 bridgehead atoms. The van der Waals surface area contributed by atoms with E-state index < -0.39 is 11.5 Å². The summed E-state index contributed by atoms with van der Waals surface area (Å²) in [6.45, 7) is 2.24. The minimum absolute atomic E-state index is 0.00259. The molecule has 1 aromatic rings. The van der Waals surface area contributed by atoms with Gasteiger partial charge in [-0.3, -0.25) is 9.59 Å². The summed E-state index contributed by atoms with van der Waals surface area (Å²) >= 11 is 0. The number of hydrogen-bond acceptors (Lipinski definition) is 3. The third-order valence-electron chi connectivity index (χ3n) is 3.89. The molecule has 0 aromatic heterocycles. The van der Waals surface area contributed by atoms with Gasteiger partial charge in [0.25, 0.3) is 0 Å². The predicted octanol–water partition coefficient (Wildman–Crippen LogP) is 2.28. The second-order valence-corrected chi connectivity index (χ2v) is 5.62. The van der Waals surface area contributed by atoms with Crippen LogP contribution in [0.15, 0.2) is 24.3 Å². The summed E-state index contributed by atoms with van der Waals surface area (Å²) in [4.78, 5) is 22.8. The number of rotatable bonds is 7. The predicted molar refractivity (Wildman–Crippen MR) is 78.3 cm³/mol. The molecule has 114 valence electrons. The minimum Gasteiger partial charge on any atom is -0.493 e. The molecule has 5 nitrogen and oxygen atoms in total. The number of carboxylic acid groups (broad SMARTS) is 1. The number of amides is 1. The number of ether oxygens (including phenoxy) is 1. The van der Waals surface area contributed by atoms with Gasteiger partial charge in [0, 0.05) is 0 Å². The van der Waals surface area contributed by atoms with Crippen LogP contribution in [0.2, 0.25) is 0 Å². The van der Waals surface area contributed by atoms with Crippen molar-refractivity contribution >= 4 is 11.9 Å². The van der Waals surface area contributed by atoms with Crippen LogP contribution < -0.4 is 10.1 Å². The van der Waals surface area contributed by atoms with E-state index in [0.717, 1.165) is 30.6 Å². The van der Waals surface area contributed by atoms with Gasteiger partial charge in [0.2, 0.25) is 5.91 Å². The van der Waals surface area contributed by atoms with E-state index in [9.17, 15) is 9.59 Å². The number of aryl methyl sites for hydroxylation is 1. The van der Waals surface area contributed by atoms with Gasteiger partial charge >= 0.3 is 5.97 Å². The lowest BCUT2D eigenvalue weighted by molar-refractivity contribution is -0.140. The highest BCUT2D eigenvalue weighted by Gasteiger charge is 2.40. The van der Waals surface area contributed by atoms with E-state index in [1.807, 2.05) is 31.2 Å². The van der Waals surface area contributed by atoms with Crippen LogP contribution in [0.25, 0.3) is 0 Å². The Morgan fingerprint density at radius 3 is 2.62 bits per heavy atom. The molecule has 1 fully saturated rings. The van der Waals surface area contributed by atoms with Gasteiger partial charge in [-0.1, -0.05) is 18.2 Å². The van der Waals surface area contributed by atoms with Crippen molar-refractivity contribution in [3.63, 3.8) is 0 Å². The Morgan fingerprint density at radius 2 is 2.05 bits per heavy atom. The average molecular weight is 291 g/mol. The fraction of sp³-hybridized carbons (Fsp3) is 0.500. The zero-order valence-electron chi connectivity index (χ0n) is 12.2. The first kappa shape index (κ1) is 15.4. The van der Waals surface area contributed by atoms with Crippen molar-refractivity contribution in [3.05, 3.63) is 29.8 Å². The van der Waals surface area contributed by atoms with E-state index in [-0.39, 0.29) is 18.7 Å². The number of carboxylic acids is 1. The molecule has 1 amide bonds.